The molecule has 5 nitrogen and oxygen atoms in total. The maximum Gasteiger partial charge on any atom is 0.269 e. The summed E-state index contributed by atoms with van der Waals surface area (Å²) in [6.45, 7) is 5.07. The van der Waals surface area contributed by atoms with Gasteiger partial charge in [-0.25, -0.2) is 0 Å². The average Bonchev–Trinajstić information content (AvgIpc) is 2.69. The summed E-state index contributed by atoms with van der Waals surface area (Å²) in [6.07, 6.45) is 0. The SMILES string of the molecule is CC(C)(COCc1cccc(Oc2ccccc2)c1)c1ccc([N+](=O)[O-])cc1. The van der Waals surface area contributed by atoms with E-state index in [1.165, 1.54) is 12.1 Å². The van der Waals surface area contributed by atoms with Crippen molar-refractivity contribution in [2.45, 2.75) is 25.9 Å². The van der Waals surface area contributed by atoms with E-state index in [2.05, 4.69) is 13.8 Å². The van der Waals surface area contributed by atoms with Gasteiger partial charge in [-0.05, 0) is 35.4 Å². The molecule has 3 rings (SSSR count). The van der Waals surface area contributed by atoms with E-state index in [4.69, 9.17) is 9.47 Å². The zero-order chi connectivity index (χ0) is 20.0. The quantitative estimate of drug-likeness (QED) is 0.363. The zero-order valence-corrected chi connectivity index (χ0v) is 16.0. The molecule has 0 saturated heterocycles. The van der Waals surface area contributed by atoms with Crippen molar-refractivity contribution in [1.82, 2.24) is 0 Å². The zero-order valence-electron chi connectivity index (χ0n) is 16.0. The number of nitro benzene ring substituents is 1. The van der Waals surface area contributed by atoms with Gasteiger partial charge < -0.3 is 9.47 Å². The molecule has 0 spiro atoms. The first-order chi connectivity index (χ1) is 13.4. The van der Waals surface area contributed by atoms with Gasteiger partial charge in [-0.3, -0.25) is 10.1 Å². The molecule has 0 radical (unpaired) electrons. The summed E-state index contributed by atoms with van der Waals surface area (Å²) in [7, 11) is 0. The molecule has 0 unspecified atom stereocenters. The molecule has 0 aliphatic heterocycles. The van der Waals surface area contributed by atoms with Gasteiger partial charge in [0.1, 0.15) is 11.5 Å². The molecule has 0 atom stereocenters. The third kappa shape index (κ3) is 5.18. The molecule has 144 valence electrons. The molecule has 3 aromatic carbocycles. The Bertz CT molecular complexity index is 921. The lowest BCUT2D eigenvalue weighted by molar-refractivity contribution is -0.384. The van der Waals surface area contributed by atoms with Crippen molar-refractivity contribution < 1.29 is 14.4 Å². The van der Waals surface area contributed by atoms with Crippen molar-refractivity contribution >= 4 is 5.69 Å². The van der Waals surface area contributed by atoms with E-state index in [1.807, 2.05) is 54.6 Å². The van der Waals surface area contributed by atoms with Crippen LogP contribution in [-0.2, 0) is 16.8 Å². The molecule has 28 heavy (non-hydrogen) atoms. The molecule has 0 N–H and O–H groups in total. The highest BCUT2D eigenvalue weighted by atomic mass is 16.6. The molecule has 0 fully saturated rings. The Morgan fingerprint density at radius 3 is 2.25 bits per heavy atom. The van der Waals surface area contributed by atoms with E-state index in [9.17, 15) is 10.1 Å². The van der Waals surface area contributed by atoms with Crippen LogP contribution in [0.3, 0.4) is 0 Å². The second kappa shape index (κ2) is 8.67. The van der Waals surface area contributed by atoms with E-state index in [-0.39, 0.29) is 11.1 Å². The van der Waals surface area contributed by atoms with Crippen LogP contribution in [0.25, 0.3) is 0 Å². The van der Waals surface area contributed by atoms with Crippen molar-refractivity contribution in [3.63, 3.8) is 0 Å². The number of non-ortho nitro benzene ring substituents is 1. The van der Waals surface area contributed by atoms with Crippen molar-refractivity contribution in [1.29, 1.82) is 0 Å². The Hall–Kier alpha value is -3.18. The van der Waals surface area contributed by atoms with Crippen LogP contribution < -0.4 is 4.74 Å². The fraction of sp³-hybridized carbons (Fsp3) is 0.217. The topological polar surface area (TPSA) is 61.6 Å². The molecule has 0 saturated carbocycles. The molecule has 0 aliphatic carbocycles. The van der Waals surface area contributed by atoms with Gasteiger partial charge in [0.2, 0.25) is 0 Å². The number of hydrogen-bond donors (Lipinski definition) is 0. The minimum absolute atomic E-state index is 0.0932. The minimum Gasteiger partial charge on any atom is -0.457 e. The number of rotatable bonds is 8. The number of para-hydroxylation sites is 1. The van der Waals surface area contributed by atoms with E-state index in [1.54, 1.807) is 12.1 Å². The lowest BCUT2D eigenvalue weighted by atomic mass is 9.85. The van der Waals surface area contributed by atoms with Gasteiger partial charge in [-0.1, -0.05) is 56.3 Å². The predicted molar refractivity (Wildman–Crippen MR) is 109 cm³/mol. The maximum absolute atomic E-state index is 10.8. The number of nitrogens with zero attached hydrogens (tertiary/aromatic N) is 1. The van der Waals surface area contributed by atoms with Crippen molar-refractivity contribution in [2.24, 2.45) is 0 Å². The largest absolute Gasteiger partial charge is 0.457 e. The molecule has 0 heterocycles. The lowest BCUT2D eigenvalue weighted by Gasteiger charge is -2.25. The Balaban J connectivity index is 1.58. The van der Waals surface area contributed by atoms with Crippen molar-refractivity contribution in [3.8, 4) is 11.5 Å². The van der Waals surface area contributed by atoms with Crippen LogP contribution >= 0.6 is 0 Å². The van der Waals surface area contributed by atoms with Crippen LogP contribution in [0, 0.1) is 10.1 Å². The smallest absolute Gasteiger partial charge is 0.269 e. The number of benzene rings is 3. The normalized spacial score (nSPS) is 11.2. The van der Waals surface area contributed by atoms with Crippen LogP contribution in [0.1, 0.15) is 25.0 Å². The van der Waals surface area contributed by atoms with Gasteiger partial charge in [0, 0.05) is 17.5 Å². The Labute approximate surface area is 164 Å². The molecule has 0 amide bonds. The summed E-state index contributed by atoms with van der Waals surface area (Å²) in [4.78, 5) is 10.4. The second-order valence-electron chi connectivity index (χ2n) is 7.24. The summed E-state index contributed by atoms with van der Waals surface area (Å²) in [6, 6.07) is 24.1. The molecule has 5 heteroatoms. The first-order valence-corrected chi connectivity index (χ1v) is 9.08. The Morgan fingerprint density at radius 1 is 0.893 bits per heavy atom. The van der Waals surface area contributed by atoms with E-state index < -0.39 is 4.92 Å². The minimum atomic E-state index is -0.391. The third-order valence-corrected chi connectivity index (χ3v) is 4.47. The standard InChI is InChI=1S/C23H23NO4/c1-23(2,19-11-13-20(14-12-19)24(25)26)17-27-16-18-7-6-10-22(15-18)28-21-8-4-3-5-9-21/h3-15H,16-17H2,1-2H3. The number of hydrogen-bond acceptors (Lipinski definition) is 4. The summed E-state index contributed by atoms with van der Waals surface area (Å²) in [5.74, 6) is 1.56. The predicted octanol–water partition coefficient (Wildman–Crippen LogP) is 5.88. The summed E-state index contributed by atoms with van der Waals surface area (Å²) in [5.41, 5.74) is 1.86. The van der Waals surface area contributed by atoms with E-state index >= 15 is 0 Å². The van der Waals surface area contributed by atoms with Crippen LogP contribution in [0.5, 0.6) is 11.5 Å². The van der Waals surface area contributed by atoms with Gasteiger partial charge in [0.25, 0.3) is 5.69 Å². The average molecular weight is 377 g/mol. The number of nitro groups is 1. The summed E-state index contributed by atoms with van der Waals surface area (Å²) in [5, 5.41) is 10.8. The molecule has 3 aromatic rings. The fourth-order valence-electron chi connectivity index (χ4n) is 2.87. The van der Waals surface area contributed by atoms with Gasteiger partial charge in [0.05, 0.1) is 18.1 Å². The maximum atomic E-state index is 10.8. The van der Waals surface area contributed by atoms with Gasteiger partial charge in [-0.15, -0.1) is 0 Å². The van der Waals surface area contributed by atoms with Crippen molar-refractivity contribution in [3.05, 3.63) is 100 Å². The summed E-state index contributed by atoms with van der Waals surface area (Å²) < 4.78 is 11.8. The highest BCUT2D eigenvalue weighted by Gasteiger charge is 2.22. The van der Waals surface area contributed by atoms with Gasteiger partial charge >= 0.3 is 0 Å². The van der Waals surface area contributed by atoms with Crippen LogP contribution in [-0.4, -0.2) is 11.5 Å². The molecular formula is C23H23NO4. The van der Waals surface area contributed by atoms with Crippen LogP contribution in [0.15, 0.2) is 78.9 Å². The van der Waals surface area contributed by atoms with Crippen LogP contribution in [0.2, 0.25) is 0 Å². The lowest BCUT2D eigenvalue weighted by Crippen LogP contribution is -2.24. The monoisotopic (exact) mass is 377 g/mol. The van der Waals surface area contributed by atoms with Gasteiger partial charge in [0.15, 0.2) is 0 Å². The van der Waals surface area contributed by atoms with Gasteiger partial charge in [-0.2, -0.15) is 0 Å². The highest BCUT2D eigenvalue weighted by Crippen LogP contribution is 2.27. The summed E-state index contributed by atoms with van der Waals surface area (Å²) >= 11 is 0. The first-order valence-electron chi connectivity index (χ1n) is 9.08. The highest BCUT2D eigenvalue weighted by molar-refractivity contribution is 5.36. The Morgan fingerprint density at radius 2 is 1.57 bits per heavy atom. The fourth-order valence-corrected chi connectivity index (χ4v) is 2.87. The molecule has 0 aromatic heterocycles. The van der Waals surface area contributed by atoms with Crippen LogP contribution in [0.4, 0.5) is 5.69 Å². The van der Waals surface area contributed by atoms with Crippen molar-refractivity contribution in [2.75, 3.05) is 6.61 Å². The third-order valence-electron chi connectivity index (χ3n) is 4.47. The second-order valence-corrected chi connectivity index (χ2v) is 7.24. The molecule has 0 bridgehead atoms. The molecule has 0 aliphatic rings. The first kappa shape index (κ1) is 19.6. The van der Waals surface area contributed by atoms with E-state index in [0.717, 1.165) is 22.6 Å². The van der Waals surface area contributed by atoms with E-state index in [0.29, 0.717) is 13.2 Å². The number of ether oxygens (including phenoxy) is 2. The molecular weight excluding hydrogens is 354 g/mol. The Kier molecular flexibility index (Phi) is 6.06.